The fourth-order valence-corrected chi connectivity index (χ4v) is 2.33. The van der Waals surface area contributed by atoms with E-state index in [0.717, 1.165) is 11.3 Å². The summed E-state index contributed by atoms with van der Waals surface area (Å²) in [6.07, 6.45) is 0. The number of carbonyl (C=O) groups is 2. The number of hydrogen-bond acceptors (Lipinski definition) is 3. The van der Waals surface area contributed by atoms with Gasteiger partial charge in [0.25, 0.3) is 0 Å². The van der Waals surface area contributed by atoms with Crippen LogP contribution in [0.2, 0.25) is 5.02 Å². The number of benzene rings is 2. The maximum Gasteiger partial charge on any atom is 0.239 e. The number of carbonyl (C=O) groups excluding carboxylic acids is 2. The molecule has 2 aromatic carbocycles. The van der Waals surface area contributed by atoms with Crippen LogP contribution in [0.3, 0.4) is 0 Å². The SMILES string of the molecule is CCOc1ccc(NC(=O)C(C)(C)C(=O)Nc2ccc(C)c(Cl)c2)cc1. The fourth-order valence-electron chi connectivity index (χ4n) is 2.15. The van der Waals surface area contributed by atoms with Gasteiger partial charge in [-0.25, -0.2) is 0 Å². The summed E-state index contributed by atoms with van der Waals surface area (Å²) in [5.41, 5.74) is 0.790. The minimum atomic E-state index is -1.27. The summed E-state index contributed by atoms with van der Waals surface area (Å²) in [6, 6.07) is 12.2. The average Bonchev–Trinajstić information content (AvgIpc) is 2.60. The largest absolute Gasteiger partial charge is 0.494 e. The third-order valence-corrected chi connectivity index (χ3v) is 4.40. The van der Waals surface area contributed by atoms with E-state index < -0.39 is 17.2 Å². The molecular formula is C20H23ClN2O3. The van der Waals surface area contributed by atoms with Crippen molar-refractivity contribution >= 4 is 34.8 Å². The van der Waals surface area contributed by atoms with E-state index in [1.165, 1.54) is 0 Å². The van der Waals surface area contributed by atoms with Crippen molar-refractivity contribution in [3.05, 3.63) is 53.1 Å². The molecule has 6 heteroatoms. The van der Waals surface area contributed by atoms with Crippen LogP contribution in [0.15, 0.2) is 42.5 Å². The van der Waals surface area contributed by atoms with Crippen LogP contribution in [0.4, 0.5) is 11.4 Å². The van der Waals surface area contributed by atoms with Crippen molar-refractivity contribution in [1.82, 2.24) is 0 Å². The number of halogens is 1. The third kappa shape index (κ3) is 4.76. The average molecular weight is 375 g/mol. The Morgan fingerprint density at radius 2 is 1.54 bits per heavy atom. The van der Waals surface area contributed by atoms with Crippen LogP contribution in [0, 0.1) is 12.3 Å². The minimum Gasteiger partial charge on any atom is -0.494 e. The van der Waals surface area contributed by atoms with Gasteiger partial charge in [-0.3, -0.25) is 9.59 Å². The summed E-state index contributed by atoms with van der Waals surface area (Å²) in [5, 5.41) is 6.05. The van der Waals surface area contributed by atoms with Crippen LogP contribution in [0.1, 0.15) is 26.3 Å². The molecule has 26 heavy (non-hydrogen) atoms. The van der Waals surface area contributed by atoms with Crippen LogP contribution >= 0.6 is 11.6 Å². The van der Waals surface area contributed by atoms with Crippen LogP contribution in [-0.4, -0.2) is 18.4 Å². The minimum absolute atomic E-state index is 0.405. The van der Waals surface area contributed by atoms with Crippen molar-refractivity contribution in [3.8, 4) is 5.75 Å². The number of nitrogens with one attached hydrogen (secondary N) is 2. The van der Waals surface area contributed by atoms with Crippen LogP contribution in [0.5, 0.6) is 5.75 Å². The van der Waals surface area contributed by atoms with E-state index >= 15 is 0 Å². The predicted octanol–water partition coefficient (Wildman–Crippen LogP) is 4.65. The second-order valence-electron chi connectivity index (χ2n) is 6.45. The van der Waals surface area contributed by atoms with E-state index in [1.54, 1.807) is 50.2 Å². The zero-order valence-electron chi connectivity index (χ0n) is 15.4. The number of ether oxygens (including phenoxy) is 1. The van der Waals surface area contributed by atoms with Gasteiger partial charge in [0.2, 0.25) is 11.8 Å². The first kappa shape index (κ1) is 19.8. The van der Waals surface area contributed by atoms with E-state index in [-0.39, 0.29) is 0 Å². The second kappa shape index (κ2) is 8.23. The van der Waals surface area contributed by atoms with Gasteiger partial charge in [-0.2, -0.15) is 0 Å². The van der Waals surface area contributed by atoms with Gasteiger partial charge in [-0.15, -0.1) is 0 Å². The number of hydrogen-bond donors (Lipinski definition) is 2. The van der Waals surface area contributed by atoms with Crippen molar-refractivity contribution in [2.75, 3.05) is 17.2 Å². The smallest absolute Gasteiger partial charge is 0.239 e. The Hall–Kier alpha value is -2.53. The number of aryl methyl sites for hydroxylation is 1. The molecule has 0 aliphatic carbocycles. The lowest BCUT2D eigenvalue weighted by Gasteiger charge is -2.23. The van der Waals surface area contributed by atoms with Gasteiger partial charge < -0.3 is 15.4 Å². The molecule has 0 saturated heterocycles. The summed E-state index contributed by atoms with van der Waals surface area (Å²) in [6.45, 7) is 7.49. The van der Waals surface area contributed by atoms with Gasteiger partial charge >= 0.3 is 0 Å². The number of anilines is 2. The van der Waals surface area contributed by atoms with E-state index in [2.05, 4.69) is 10.6 Å². The molecule has 2 N–H and O–H groups in total. The van der Waals surface area contributed by atoms with Crippen LogP contribution in [0.25, 0.3) is 0 Å². The lowest BCUT2D eigenvalue weighted by Crippen LogP contribution is -2.41. The van der Waals surface area contributed by atoms with Gasteiger partial charge in [-0.1, -0.05) is 17.7 Å². The summed E-state index contributed by atoms with van der Waals surface area (Å²) >= 11 is 6.08. The first-order valence-corrected chi connectivity index (χ1v) is 8.73. The standard InChI is InChI=1S/C20H23ClN2O3/c1-5-26-16-10-8-14(9-11-16)22-18(24)20(3,4)19(25)23-15-7-6-13(2)17(21)12-15/h6-12H,5H2,1-4H3,(H,22,24)(H,23,25). The molecule has 0 fully saturated rings. The Kier molecular flexibility index (Phi) is 6.27. The summed E-state index contributed by atoms with van der Waals surface area (Å²) in [4.78, 5) is 25.1. The molecule has 0 aliphatic heterocycles. The number of amides is 2. The molecule has 0 radical (unpaired) electrons. The Balaban J connectivity index is 2.05. The summed E-state index contributed by atoms with van der Waals surface area (Å²) < 4.78 is 5.37. The summed E-state index contributed by atoms with van der Waals surface area (Å²) in [7, 11) is 0. The van der Waals surface area contributed by atoms with E-state index in [9.17, 15) is 9.59 Å². The topological polar surface area (TPSA) is 67.4 Å². The van der Waals surface area contributed by atoms with Gasteiger partial charge in [-0.05, 0) is 69.7 Å². The van der Waals surface area contributed by atoms with Crippen molar-refractivity contribution in [2.45, 2.75) is 27.7 Å². The van der Waals surface area contributed by atoms with Crippen molar-refractivity contribution in [3.63, 3.8) is 0 Å². The highest BCUT2D eigenvalue weighted by Gasteiger charge is 2.36. The molecule has 0 aliphatic rings. The van der Waals surface area contributed by atoms with Crippen LogP contribution in [-0.2, 0) is 9.59 Å². The molecular weight excluding hydrogens is 352 g/mol. The Labute approximate surface area is 158 Å². The second-order valence-corrected chi connectivity index (χ2v) is 6.86. The van der Waals surface area contributed by atoms with Crippen molar-refractivity contribution in [2.24, 2.45) is 5.41 Å². The van der Waals surface area contributed by atoms with Crippen molar-refractivity contribution in [1.29, 1.82) is 0 Å². The lowest BCUT2D eigenvalue weighted by atomic mass is 9.90. The Bertz CT molecular complexity index is 801. The zero-order valence-corrected chi connectivity index (χ0v) is 16.1. The first-order valence-electron chi connectivity index (χ1n) is 8.36. The Morgan fingerprint density at radius 3 is 2.08 bits per heavy atom. The molecule has 2 aromatic rings. The van der Waals surface area contributed by atoms with E-state index in [0.29, 0.717) is 23.0 Å². The van der Waals surface area contributed by atoms with Crippen molar-refractivity contribution < 1.29 is 14.3 Å². The number of rotatable bonds is 6. The predicted molar refractivity (Wildman–Crippen MR) is 105 cm³/mol. The Morgan fingerprint density at radius 1 is 1.00 bits per heavy atom. The van der Waals surface area contributed by atoms with Crippen LogP contribution < -0.4 is 15.4 Å². The molecule has 2 amide bonds. The third-order valence-electron chi connectivity index (χ3n) is 3.99. The zero-order chi connectivity index (χ0) is 19.3. The molecule has 0 bridgehead atoms. The van der Waals surface area contributed by atoms with Gasteiger partial charge in [0.1, 0.15) is 11.2 Å². The molecule has 0 saturated carbocycles. The molecule has 0 atom stereocenters. The normalized spacial score (nSPS) is 11.0. The molecule has 0 aromatic heterocycles. The van der Waals surface area contributed by atoms with E-state index in [1.807, 2.05) is 19.9 Å². The fraction of sp³-hybridized carbons (Fsp3) is 0.300. The highest BCUT2D eigenvalue weighted by molar-refractivity contribution is 6.31. The molecule has 5 nitrogen and oxygen atoms in total. The molecule has 0 unspecified atom stereocenters. The highest BCUT2D eigenvalue weighted by atomic mass is 35.5. The quantitative estimate of drug-likeness (QED) is 0.723. The maximum atomic E-state index is 12.6. The summed E-state index contributed by atoms with van der Waals surface area (Å²) in [5.74, 6) is -0.100. The maximum absolute atomic E-state index is 12.6. The first-order chi connectivity index (χ1) is 12.2. The monoisotopic (exact) mass is 374 g/mol. The van der Waals surface area contributed by atoms with Gasteiger partial charge in [0.15, 0.2) is 0 Å². The molecule has 0 heterocycles. The molecule has 0 spiro atoms. The van der Waals surface area contributed by atoms with Gasteiger partial charge in [0.05, 0.1) is 6.61 Å². The molecule has 138 valence electrons. The van der Waals surface area contributed by atoms with Gasteiger partial charge in [0, 0.05) is 16.4 Å². The highest BCUT2D eigenvalue weighted by Crippen LogP contribution is 2.25. The lowest BCUT2D eigenvalue weighted by molar-refractivity contribution is -0.135. The molecule has 2 rings (SSSR count). The van der Waals surface area contributed by atoms with E-state index in [4.69, 9.17) is 16.3 Å².